The SMILES string of the molecule is c1ccc2c(c1)cc(C1=NC(c3c(-c4ccc5c(c4)sc4ccccc45)ccc4oc5ccccc5c34)N=C(c3cccc4c3oc3ccccc34)N1)c1ccccc12. The molecule has 1 N–H and O–H groups in total. The second-order valence-electron chi connectivity index (χ2n) is 15.2. The number of nitrogens with one attached hydrogen (secondary N) is 1. The van der Waals surface area contributed by atoms with Crippen molar-refractivity contribution in [1.29, 1.82) is 0 Å². The topological polar surface area (TPSA) is 63.0 Å². The van der Waals surface area contributed by atoms with Gasteiger partial charge in [0, 0.05) is 52.8 Å². The lowest BCUT2D eigenvalue weighted by atomic mass is 9.92. The fraction of sp³-hybridized carbons (Fsp3) is 0.0189. The van der Waals surface area contributed by atoms with Crippen LogP contribution in [0.3, 0.4) is 0 Å². The first-order valence-corrected chi connectivity index (χ1v) is 20.7. The van der Waals surface area contributed by atoms with Gasteiger partial charge in [-0.25, -0.2) is 9.98 Å². The number of hydrogen-bond acceptors (Lipinski definition) is 6. The average molecular weight is 774 g/mol. The highest BCUT2D eigenvalue weighted by Gasteiger charge is 2.29. The summed E-state index contributed by atoms with van der Waals surface area (Å²) in [6.07, 6.45) is -0.649. The predicted molar refractivity (Wildman–Crippen MR) is 246 cm³/mol. The van der Waals surface area contributed by atoms with Gasteiger partial charge in [-0.3, -0.25) is 0 Å². The molecule has 0 saturated carbocycles. The summed E-state index contributed by atoms with van der Waals surface area (Å²) in [5, 5.41) is 15.1. The van der Waals surface area contributed by atoms with Crippen molar-refractivity contribution >= 4 is 109 Å². The van der Waals surface area contributed by atoms with Gasteiger partial charge in [0.2, 0.25) is 0 Å². The molecule has 3 aromatic heterocycles. The normalized spacial score (nSPS) is 14.6. The molecule has 276 valence electrons. The molecule has 5 nitrogen and oxygen atoms in total. The molecule has 0 radical (unpaired) electrons. The number of rotatable bonds is 4. The van der Waals surface area contributed by atoms with E-state index >= 15 is 0 Å². The van der Waals surface area contributed by atoms with E-state index in [-0.39, 0.29) is 0 Å². The zero-order chi connectivity index (χ0) is 38.6. The van der Waals surface area contributed by atoms with Crippen molar-refractivity contribution < 1.29 is 8.83 Å². The molecule has 0 amide bonds. The van der Waals surface area contributed by atoms with Crippen LogP contribution in [0.4, 0.5) is 0 Å². The molecule has 1 aliphatic heterocycles. The molecule has 0 aliphatic carbocycles. The number of thiophene rings is 1. The number of hydrogen-bond donors (Lipinski definition) is 1. The van der Waals surface area contributed by atoms with E-state index < -0.39 is 6.17 Å². The quantitative estimate of drug-likeness (QED) is 0.181. The van der Waals surface area contributed by atoms with Crippen LogP contribution in [-0.2, 0) is 0 Å². The smallest absolute Gasteiger partial charge is 0.171 e. The Kier molecular flexibility index (Phi) is 6.88. The average Bonchev–Trinajstić information content (AvgIpc) is 3.99. The fourth-order valence-corrected chi connectivity index (χ4v) is 10.4. The molecule has 4 heterocycles. The highest BCUT2D eigenvalue weighted by atomic mass is 32.1. The standard InChI is InChI=1S/C53H31N3O2S/c1-2-13-32-30(12-1)28-42(35-15-4-3-14-34(32)35)52-54-51(41-20-11-19-39-36-16-5-8-21-43(36)58-50(39)41)55-53(56-52)49-33(26-27-45-48(49)40-18-6-9-22-44(40)57-45)31-24-25-38-37-17-7-10-23-46(37)59-47(38)29-31/h1-29,53H,(H,54,55,56). The molecule has 0 saturated heterocycles. The number of nitrogens with zero attached hydrogens (tertiary/aromatic N) is 2. The fourth-order valence-electron chi connectivity index (χ4n) is 9.29. The van der Waals surface area contributed by atoms with E-state index in [4.69, 9.17) is 18.8 Å². The highest BCUT2D eigenvalue weighted by Crippen LogP contribution is 2.45. The largest absolute Gasteiger partial charge is 0.456 e. The molecule has 6 heteroatoms. The summed E-state index contributed by atoms with van der Waals surface area (Å²) in [7, 11) is 0. The van der Waals surface area contributed by atoms with Gasteiger partial charge in [-0.05, 0) is 75.1 Å². The second-order valence-corrected chi connectivity index (χ2v) is 16.3. The van der Waals surface area contributed by atoms with Gasteiger partial charge in [0.1, 0.15) is 34.0 Å². The van der Waals surface area contributed by atoms with E-state index in [1.54, 1.807) is 0 Å². The summed E-state index contributed by atoms with van der Waals surface area (Å²) in [6, 6.07) is 62.0. The summed E-state index contributed by atoms with van der Waals surface area (Å²) in [4.78, 5) is 11.2. The minimum atomic E-state index is -0.649. The molecule has 13 rings (SSSR count). The predicted octanol–water partition coefficient (Wildman–Crippen LogP) is 14.3. The van der Waals surface area contributed by atoms with Crippen LogP contribution in [0.25, 0.3) is 96.7 Å². The molecule has 1 unspecified atom stereocenters. The van der Waals surface area contributed by atoms with Gasteiger partial charge < -0.3 is 14.2 Å². The maximum Gasteiger partial charge on any atom is 0.171 e. The van der Waals surface area contributed by atoms with Crippen molar-refractivity contribution in [3.05, 3.63) is 193 Å². The molecule has 12 aromatic rings. The van der Waals surface area contributed by atoms with E-state index in [0.29, 0.717) is 5.84 Å². The molecule has 1 aliphatic rings. The molecule has 9 aromatic carbocycles. The molecule has 0 spiro atoms. The molecule has 1 atom stereocenters. The number of amidine groups is 2. The molecular formula is C53H31N3O2S. The second kappa shape index (κ2) is 12.5. The lowest BCUT2D eigenvalue weighted by molar-refractivity contribution is 0.666. The Morgan fingerprint density at radius 3 is 1.95 bits per heavy atom. The van der Waals surface area contributed by atoms with E-state index in [9.17, 15) is 0 Å². The van der Waals surface area contributed by atoms with E-state index in [1.807, 2.05) is 35.6 Å². The van der Waals surface area contributed by atoms with Crippen LogP contribution in [0, 0.1) is 0 Å². The zero-order valence-electron chi connectivity index (χ0n) is 31.4. The van der Waals surface area contributed by atoms with Crippen molar-refractivity contribution in [1.82, 2.24) is 5.32 Å². The molecule has 59 heavy (non-hydrogen) atoms. The van der Waals surface area contributed by atoms with Gasteiger partial charge in [0.05, 0.1) is 5.56 Å². The van der Waals surface area contributed by atoms with Crippen molar-refractivity contribution in [3.63, 3.8) is 0 Å². The van der Waals surface area contributed by atoms with Gasteiger partial charge in [0.15, 0.2) is 6.17 Å². The number of fused-ring (bicyclic) bond motifs is 12. The lowest BCUT2D eigenvalue weighted by Gasteiger charge is -2.25. The van der Waals surface area contributed by atoms with Crippen LogP contribution >= 0.6 is 11.3 Å². The van der Waals surface area contributed by atoms with Crippen LogP contribution in [0.15, 0.2) is 195 Å². The summed E-state index contributed by atoms with van der Waals surface area (Å²) in [6.45, 7) is 0. The Hall–Kier alpha value is -7.54. The minimum Gasteiger partial charge on any atom is -0.456 e. The molecule has 0 fully saturated rings. The van der Waals surface area contributed by atoms with E-state index in [0.717, 1.165) is 88.3 Å². The third kappa shape index (κ3) is 4.90. The summed E-state index contributed by atoms with van der Waals surface area (Å²) >= 11 is 1.83. The Labute approximate surface area is 341 Å². The Balaban J connectivity index is 1.12. The van der Waals surface area contributed by atoms with Gasteiger partial charge >= 0.3 is 0 Å². The van der Waals surface area contributed by atoms with Gasteiger partial charge in [-0.15, -0.1) is 11.3 Å². The first-order valence-electron chi connectivity index (χ1n) is 19.8. The van der Waals surface area contributed by atoms with Crippen LogP contribution in [0.1, 0.15) is 22.9 Å². The third-order valence-electron chi connectivity index (χ3n) is 12.0. The first-order chi connectivity index (χ1) is 29.2. The minimum absolute atomic E-state index is 0.649. The van der Waals surface area contributed by atoms with Crippen molar-refractivity contribution in [2.75, 3.05) is 0 Å². The monoisotopic (exact) mass is 773 g/mol. The van der Waals surface area contributed by atoms with Gasteiger partial charge in [-0.1, -0.05) is 133 Å². The molecule has 0 bridgehead atoms. The zero-order valence-corrected chi connectivity index (χ0v) is 32.3. The van der Waals surface area contributed by atoms with Crippen LogP contribution in [0.5, 0.6) is 0 Å². The summed E-state index contributed by atoms with van der Waals surface area (Å²) < 4.78 is 15.7. The third-order valence-corrected chi connectivity index (χ3v) is 13.1. The summed E-state index contributed by atoms with van der Waals surface area (Å²) in [5.74, 6) is 1.43. The van der Waals surface area contributed by atoms with E-state index in [2.05, 4.69) is 157 Å². The van der Waals surface area contributed by atoms with Crippen molar-refractivity contribution in [3.8, 4) is 11.1 Å². The van der Waals surface area contributed by atoms with E-state index in [1.165, 1.54) is 30.9 Å². The number of para-hydroxylation sites is 3. The highest BCUT2D eigenvalue weighted by molar-refractivity contribution is 7.25. The Bertz CT molecular complexity index is 3790. The molecular weight excluding hydrogens is 743 g/mol. The number of benzene rings is 9. The number of furan rings is 2. The van der Waals surface area contributed by atoms with Crippen molar-refractivity contribution in [2.24, 2.45) is 9.98 Å². The summed E-state index contributed by atoms with van der Waals surface area (Å²) in [5.41, 5.74) is 8.29. The van der Waals surface area contributed by atoms with Gasteiger partial charge in [-0.2, -0.15) is 0 Å². The lowest BCUT2D eigenvalue weighted by Crippen LogP contribution is -2.36. The van der Waals surface area contributed by atoms with Crippen molar-refractivity contribution in [2.45, 2.75) is 6.17 Å². The Morgan fingerprint density at radius 2 is 1.08 bits per heavy atom. The maximum atomic E-state index is 6.65. The van der Waals surface area contributed by atoms with Gasteiger partial charge in [0.25, 0.3) is 0 Å². The van der Waals surface area contributed by atoms with Crippen LogP contribution in [-0.4, -0.2) is 11.7 Å². The van der Waals surface area contributed by atoms with Crippen LogP contribution < -0.4 is 5.32 Å². The van der Waals surface area contributed by atoms with Crippen LogP contribution in [0.2, 0.25) is 0 Å². The number of aliphatic imine (C=N–C) groups is 2. The Morgan fingerprint density at radius 1 is 0.424 bits per heavy atom. The maximum absolute atomic E-state index is 6.65. The first kappa shape index (κ1) is 32.5.